The fourth-order valence-electron chi connectivity index (χ4n) is 5.05. The quantitative estimate of drug-likeness (QED) is 0.616. The Morgan fingerprint density at radius 1 is 1.22 bits per heavy atom. The Morgan fingerprint density at radius 3 is 2.72 bits per heavy atom. The highest BCUT2D eigenvalue weighted by Gasteiger charge is 2.51. The first-order valence-electron chi connectivity index (χ1n) is 10.8. The molecule has 1 aromatic heterocycles. The van der Waals surface area contributed by atoms with Crippen LogP contribution in [0.2, 0.25) is 0 Å². The van der Waals surface area contributed by atoms with Crippen molar-refractivity contribution in [3.8, 4) is 17.1 Å². The molecule has 2 N–H and O–H groups in total. The van der Waals surface area contributed by atoms with Gasteiger partial charge in [0.15, 0.2) is 22.6 Å². The zero-order chi connectivity index (χ0) is 22.1. The van der Waals surface area contributed by atoms with Crippen LogP contribution < -0.4 is 14.4 Å². The van der Waals surface area contributed by atoms with E-state index < -0.39 is 16.6 Å². The maximum absolute atomic E-state index is 13.1. The first kappa shape index (κ1) is 19.8. The van der Waals surface area contributed by atoms with Crippen LogP contribution in [0.4, 0.5) is 11.5 Å². The zero-order valence-electron chi connectivity index (χ0n) is 18.1. The number of aromatic nitrogens is 1. The summed E-state index contributed by atoms with van der Waals surface area (Å²) in [4.78, 5) is 2.73. The number of nitrogens with one attached hydrogen (secondary N) is 1. The van der Waals surface area contributed by atoms with E-state index in [9.17, 15) is 9.32 Å². The smallest absolute Gasteiger partial charge is 0.185 e. The number of fused-ring (bicyclic) bond motifs is 4. The molecule has 32 heavy (non-hydrogen) atoms. The van der Waals surface area contributed by atoms with Gasteiger partial charge in [-0.05, 0) is 56.0 Å². The van der Waals surface area contributed by atoms with Crippen molar-refractivity contribution in [2.75, 3.05) is 29.8 Å². The lowest BCUT2D eigenvalue weighted by molar-refractivity contribution is 0.0310. The summed E-state index contributed by atoms with van der Waals surface area (Å²) in [5.41, 5.74) is 3.87. The van der Waals surface area contributed by atoms with Crippen molar-refractivity contribution in [3.63, 3.8) is 0 Å². The number of β-amino-alcohol motifs (C(OH)–C–C–N with tert-alkyl or cyclic N) is 1. The molecule has 1 saturated carbocycles. The average molecular weight is 452 g/mol. The standard InChI is InChI=1S/C24H25N3O4S/c1-23(28)13-27(14-23)15-7-8-18-16(11-15)21-17(12-24(18)9-10-24)22(25-31-21)26-32(29)20-6-4-3-5-19(20)30-2/h3-8,11,28H,9-10,12-14H2,1-2H3,(H,25,26). The van der Waals surface area contributed by atoms with Crippen molar-refractivity contribution in [1.29, 1.82) is 0 Å². The van der Waals surface area contributed by atoms with E-state index in [2.05, 4.69) is 33.0 Å². The van der Waals surface area contributed by atoms with Crippen molar-refractivity contribution >= 4 is 22.5 Å². The molecule has 0 bridgehead atoms. The molecule has 1 atom stereocenters. The number of anilines is 2. The third kappa shape index (κ3) is 3.04. The van der Waals surface area contributed by atoms with E-state index in [1.54, 1.807) is 19.2 Å². The van der Waals surface area contributed by atoms with Crippen LogP contribution in [-0.4, -0.2) is 40.3 Å². The summed E-state index contributed by atoms with van der Waals surface area (Å²) in [7, 11) is 0.0356. The third-order valence-electron chi connectivity index (χ3n) is 6.86. The summed E-state index contributed by atoms with van der Waals surface area (Å²) in [5, 5.41) is 14.4. The Labute approximate surface area is 189 Å². The van der Waals surface area contributed by atoms with E-state index in [-0.39, 0.29) is 5.41 Å². The second-order valence-electron chi connectivity index (χ2n) is 9.40. The van der Waals surface area contributed by atoms with Gasteiger partial charge in [-0.2, -0.15) is 0 Å². The highest BCUT2D eigenvalue weighted by Crippen LogP contribution is 2.58. The van der Waals surface area contributed by atoms with Crippen molar-refractivity contribution in [1.82, 2.24) is 5.16 Å². The van der Waals surface area contributed by atoms with Crippen LogP contribution in [0, 0.1) is 0 Å². The molecule has 8 heteroatoms. The van der Waals surface area contributed by atoms with Crippen LogP contribution in [0.25, 0.3) is 11.3 Å². The molecule has 1 saturated heterocycles. The number of aliphatic hydroxyl groups is 1. The Bertz CT molecular complexity index is 1240. The van der Waals surface area contributed by atoms with Gasteiger partial charge in [-0.1, -0.05) is 23.4 Å². The van der Waals surface area contributed by atoms with Gasteiger partial charge in [-0.25, -0.2) is 4.21 Å². The van der Waals surface area contributed by atoms with E-state index >= 15 is 0 Å². The van der Waals surface area contributed by atoms with Crippen LogP contribution >= 0.6 is 0 Å². The van der Waals surface area contributed by atoms with Gasteiger partial charge < -0.3 is 19.3 Å². The zero-order valence-corrected chi connectivity index (χ0v) is 18.9. The number of methoxy groups -OCH3 is 1. The molecule has 1 unspecified atom stereocenters. The molecule has 0 radical (unpaired) electrons. The van der Waals surface area contributed by atoms with Gasteiger partial charge in [0.2, 0.25) is 0 Å². The molecule has 2 aliphatic carbocycles. The Balaban J connectivity index is 1.35. The van der Waals surface area contributed by atoms with E-state index in [0.717, 1.165) is 41.8 Å². The van der Waals surface area contributed by atoms with Crippen LogP contribution in [0.5, 0.6) is 5.75 Å². The molecule has 6 rings (SSSR count). The Kier molecular flexibility index (Phi) is 4.23. The maximum atomic E-state index is 13.1. The fraction of sp³-hybridized carbons (Fsp3) is 0.375. The predicted molar refractivity (Wildman–Crippen MR) is 122 cm³/mol. The Morgan fingerprint density at radius 2 is 2.00 bits per heavy atom. The molecule has 2 aromatic carbocycles. The average Bonchev–Trinajstić information content (AvgIpc) is 3.44. The number of hydrogen-bond acceptors (Lipinski definition) is 6. The van der Waals surface area contributed by atoms with Crippen LogP contribution in [0.1, 0.15) is 30.9 Å². The molecule has 7 nitrogen and oxygen atoms in total. The largest absolute Gasteiger partial charge is 0.495 e. The van der Waals surface area contributed by atoms with Gasteiger partial charge in [0.05, 0.1) is 12.7 Å². The van der Waals surface area contributed by atoms with E-state index in [4.69, 9.17) is 9.26 Å². The number of rotatable bonds is 5. The lowest BCUT2D eigenvalue weighted by atomic mass is 9.79. The first-order valence-corrected chi connectivity index (χ1v) is 12.0. The number of para-hydroxylation sites is 1. The number of nitrogens with zero attached hydrogens (tertiary/aromatic N) is 2. The highest BCUT2D eigenvalue weighted by molar-refractivity contribution is 7.86. The molecule has 0 amide bonds. The van der Waals surface area contributed by atoms with E-state index in [0.29, 0.717) is 29.6 Å². The lowest BCUT2D eigenvalue weighted by Gasteiger charge is -2.46. The fourth-order valence-corrected chi connectivity index (χ4v) is 6.03. The molecule has 2 heterocycles. The topological polar surface area (TPSA) is 87.8 Å². The predicted octanol–water partition coefficient (Wildman–Crippen LogP) is 3.64. The summed E-state index contributed by atoms with van der Waals surface area (Å²) >= 11 is 0. The van der Waals surface area contributed by atoms with Crippen LogP contribution in [-0.2, 0) is 22.8 Å². The monoisotopic (exact) mass is 451 g/mol. The number of benzene rings is 2. The lowest BCUT2D eigenvalue weighted by Crippen LogP contribution is -2.60. The van der Waals surface area contributed by atoms with Gasteiger partial charge in [0.25, 0.3) is 0 Å². The molecular formula is C24H25N3O4S. The van der Waals surface area contributed by atoms with Gasteiger partial charge in [-0.3, -0.25) is 4.72 Å². The Hall–Kier alpha value is -2.84. The van der Waals surface area contributed by atoms with Crippen molar-refractivity contribution in [3.05, 3.63) is 53.6 Å². The number of ether oxygens (including phenoxy) is 1. The highest BCUT2D eigenvalue weighted by atomic mass is 32.2. The summed E-state index contributed by atoms with van der Waals surface area (Å²) < 4.78 is 27.3. The van der Waals surface area contributed by atoms with Gasteiger partial charge in [-0.15, -0.1) is 0 Å². The summed E-state index contributed by atoms with van der Waals surface area (Å²) in [5.74, 6) is 1.83. The normalized spacial score (nSPS) is 20.2. The molecular weight excluding hydrogens is 426 g/mol. The molecule has 1 aliphatic heterocycles. The maximum Gasteiger partial charge on any atom is 0.185 e. The van der Waals surface area contributed by atoms with Crippen molar-refractivity contribution < 1.29 is 18.6 Å². The van der Waals surface area contributed by atoms with Gasteiger partial charge >= 0.3 is 0 Å². The first-order chi connectivity index (χ1) is 15.4. The third-order valence-corrected chi connectivity index (χ3v) is 7.98. The van der Waals surface area contributed by atoms with E-state index in [1.807, 2.05) is 19.1 Å². The SMILES string of the molecule is COc1ccccc1S(=O)Nc1noc2c1CC1(CC1)c1ccc(N3CC(C)(O)C3)cc1-2. The number of hydrogen-bond donors (Lipinski definition) is 2. The molecule has 2 fully saturated rings. The van der Waals surface area contributed by atoms with Crippen LogP contribution in [0.3, 0.4) is 0 Å². The second kappa shape index (κ2) is 6.83. The minimum absolute atomic E-state index is 0.106. The molecule has 3 aliphatic rings. The van der Waals surface area contributed by atoms with Crippen molar-refractivity contribution in [2.45, 2.75) is 42.1 Å². The summed E-state index contributed by atoms with van der Waals surface area (Å²) in [6.07, 6.45) is 3.07. The summed E-state index contributed by atoms with van der Waals surface area (Å²) in [6, 6.07) is 13.7. The van der Waals surface area contributed by atoms with Gasteiger partial charge in [0.1, 0.15) is 10.6 Å². The summed E-state index contributed by atoms with van der Waals surface area (Å²) in [6.45, 7) is 3.09. The molecule has 166 valence electrons. The van der Waals surface area contributed by atoms with Crippen LogP contribution in [0.15, 0.2) is 51.9 Å². The van der Waals surface area contributed by atoms with Crippen molar-refractivity contribution in [2.24, 2.45) is 0 Å². The second-order valence-corrected chi connectivity index (χ2v) is 10.6. The van der Waals surface area contributed by atoms with Gasteiger partial charge in [0, 0.05) is 35.3 Å². The minimum Gasteiger partial charge on any atom is -0.495 e. The molecule has 1 spiro atoms. The van der Waals surface area contributed by atoms with E-state index in [1.165, 1.54) is 5.56 Å². The molecule has 3 aromatic rings. The minimum atomic E-state index is -1.53.